The van der Waals surface area contributed by atoms with E-state index < -0.39 is 9.08 Å². The molecule has 0 N–H and O–H groups in total. The van der Waals surface area contributed by atoms with Crippen molar-refractivity contribution in [1.82, 2.24) is 0 Å². The van der Waals surface area contributed by atoms with Crippen molar-refractivity contribution in [2.45, 2.75) is 53.3 Å². The van der Waals surface area contributed by atoms with Crippen LogP contribution in [0, 0.1) is 0 Å². The fraction of sp³-hybridized carbons (Fsp3) is 0.529. The number of hydrogen-bond acceptors (Lipinski definition) is 0. The van der Waals surface area contributed by atoms with Gasteiger partial charge in [-0.15, -0.1) is 0 Å². The van der Waals surface area contributed by atoms with Crippen molar-refractivity contribution in [2.24, 2.45) is 0 Å². The zero-order chi connectivity index (χ0) is 14.3. The molecular weight excluding hydrogens is 341 g/mol. The van der Waals surface area contributed by atoms with Gasteiger partial charge in [-0.2, -0.15) is 0 Å². The molecule has 0 aromatic rings. The second kappa shape index (κ2) is 2.22. The molecule has 0 aromatic heterocycles. The summed E-state index contributed by atoms with van der Waals surface area (Å²) < 4.78 is 2.92. The number of rotatable bonds is 2. The third kappa shape index (κ3) is 1.67. The summed E-state index contributed by atoms with van der Waals surface area (Å²) in [6.07, 6.45) is 13.8. The van der Waals surface area contributed by atoms with Crippen LogP contribution in [0.2, 0.25) is 27.6 Å². The van der Waals surface area contributed by atoms with Gasteiger partial charge >= 0.3 is 116 Å². The Balaban J connectivity index is 2.45. The van der Waals surface area contributed by atoms with Gasteiger partial charge in [0.25, 0.3) is 0 Å². The number of fused-ring (bicyclic) bond motifs is 2. The Hall–Kier alpha value is -0.127. The minimum absolute atomic E-state index is 0.996. The van der Waals surface area contributed by atoms with E-state index in [1.54, 1.807) is 11.1 Å². The Labute approximate surface area is 115 Å². The van der Waals surface area contributed by atoms with Gasteiger partial charge in [0.2, 0.25) is 0 Å². The molecule has 0 aliphatic heterocycles. The molecule has 0 unspecified atom stereocenters. The summed E-state index contributed by atoms with van der Waals surface area (Å²) in [7, 11) is 3.23. The second-order valence-corrected chi connectivity index (χ2v) is 51.8. The molecule has 0 aromatic carbocycles. The van der Waals surface area contributed by atoms with Crippen LogP contribution in [0.4, 0.5) is 0 Å². The number of hydrogen-bond donors (Lipinski definition) is 0. The van der Waals surface area contributed by atoms with E-state index >= 15 is 0 Å². The maximum absolute atomic E-state index is 7.91. The van der Waals surface area contributed by atoms with E-state index in [4.69, 9.17) is 9.69 Å². The van der Waals surface area contributed by atoms with Crippen molar-refractivity contribution < 1.29 is 9.08 Å². The van der Waals surface area contributed by atoms with Crippen molar-refractivity contribution in [3.63, 3.8) is 0 Å². The minimum atomic E-state index is -4.68. The molecule has 19 heavy (non-hydrogen) atoms. The molecule has 0 radical (unpaired) electrons. The number of allylic oxidation sites excluding steroid dienone is 8. The van der Waals surface area contributed by atoms with E-state index in [-0.39, 0.29) is 0 Å². The summed E-state index contributed by atoms with van der Waals surface area (Å²) in [5, 5.41) is 0. The van der Waals surface area contributed by atoms with Gasteiger partial charge in [0.15, 0.2) is 0 Å². The summed E-state index contributed by atoms with van der Waals surface area (Å²) in [5.74, 6) is 0. The van der Waals surface area contributed by atoms with Gasteiger partial charge in [-0.1, -0.05) is 0 Å². The molecule has 0 nitrogen and oxygen atoms in total. The summed E-state index contributed by atoms with van der Waals surface area (Å²) in [6.45, 7) is 0. The second-order valence-electron chi connectivity index (χ2n) is 9.84. The molecule has 0 amide bonds. The summed E-state index contributed by atoms with van der Waals surface area (Å²) in [5.41, 5.74) is 15.1. The molecule has 1 saturated carbocycles. The van der Waals surface area contributed by atoms with Gasteiger partial charge in [-0.25, -0.2) is 0 Å². The average molecular weight is 368 g/mol. The molecule has 3 rings (SSSR count). The van der Waals surface area contributed by atoms with E-state index in [1.165, 1.54) is 27.6 Å². The SMILES string of the molecule is [CH3][Ru]([CH3])([CH3])([CH3])([CH3])([Cl])([C]1=CC=CC1)[C]1=C2CCC(=C1)C2. The van der Waals surface area contributed by atoms with Gasteiger partial charge < -0.3 is 0 Å². The number of halogens is 1. The Morgan fingerprint density at radius 3 is 2.16 bits per heavy atom. The van der Waals surface area contributed by atoms with Crippen LogP contribution in [0.15, 0.2) is 43.8 Å². The molecule has 110 valence electrons. The van der Waals surface area contributed by atoms with E-state index in [0.29, 0.717) is 0 Å². The van der Waals surface area contributed by atoms with Gasteiger partial charge in [-0.05, 0) is 0 Å². The molecule has 1 fully saturated rings. The normalized spacial score (nSPS) is 30.4. The van der Waals surface area contributed by atoms with E-state index in [2.05, 4.69) is 51.9 Å². The molecule has 0 spiro atoms. The van der Waals surface area contributed by atoms with Crippen LogP contribution in [-0.2, 0) is 9.08 Å². The van der Waals surface area contributed by atoms with Crippen molar-refractivity contribution in [3.8, 4) is 0 Å². The predicted octanol–water partition coefficient (Wildman–Crippen LogP) is 6.90. The molecule has 2 heteroatoms. The first-order valence-corrected chi connectivity index (χ1v) is 19.4. The topological polar surface area (TPSA) is 0 Å². The monoisotopic (exact) mass is 368 g/mol. The van der Waals surface area contributed by atoms with Gasteiger partial charge in [0.05, 0.1) is 0 Å². The maximum atomic E-state index is 7.91. The van der Waals surface area contributed by atoms with Gasteiger partial charge in [-0.3, -0.25) is 0 Å². The quantitative estimate of drug-likeness (QED) is 0.465. The molecule has 0 atom stereocenters. The first-order valence-electron chi connectivity index (χ1n) is 6.71. The van der Waals surface area contributed by atoms with Crippen LogP contribution >= 0.6 is 9.69 Å². The third-order valence-electron chi connectivity index (χ3n) is 5.02. The van der Waals surface area contributed by atoms with Gasteiger partial charge in [0, 0.05) is 0 Å². The van der Waals surface area contributed by atoms with Crippen molar-refractivity contribution >= 4 is 9.69 Å². The zero-order valence-electron chi connectivity index (χ0n) is 12.9. The molecule has 2 bridgehead atoms. The van der Waals surface area contributed by atoms with Crippen molar-refractivity contribution in [1.29, 1.82) is 0 Å². The Morgan fingerprint density at radius 2 is 1.74 bits per heavy atom. The van der Waals surface area contributed by atoms with Crippen LogP contribution in [0.3, 0.4) is 0 Å². The molecule has 3 aliphatic carbocycles. The molecule has 0 heterocycles. The summed E-state index contributed by atoms with van der Waals surface area (Å²) in [4.78, 5) is 0. The van der Waals surface area contributed by atoms with Crippen LogP contribution in [0.25, 0.3) is 0 Å². The summed E-state index contributed by atoms with van der Waals surface area (Å²) >= 11 is 0. The first kappa shape index (κ1) is 13.8. The molecule has 3 aliphatic rings. The van der Waals surface area contributed by atoms with Crippen LogP contribution in [0.5, 0.6) is 0 Å². The Bertz CT molecular complexity index is 666. The Kier molecular flexibility index (Phi) is 1.62. The van der Waals surface area contributed by atoms with Crippen LogP contribution < -0.4 is 0 Å². The van der Waals surface area contributed by atoms with Crippen molar-refractivity contribution in [2.75, 3.05) is 0 Å². The zero-order valence-corrected chi connectivity index (χ0v) is 15.4. The van der Waals surface area contributed by atoms with E-state index in [0.717, 1.165) is 6.42 Å². The van der Waals surface area contributed by atoms with Gasteiger partial charge in [0.1, 0.15) is 0 Å². The summed E-state index contributed by atoms with van der Waals surface area (Å²) in [6, 6.07) is 0. The van der Waals surface area contributed by atoms with E-state index in [9.17, 15) is 0 Å². The molecular formula is C17H27ClRu. The first-order chi connectivity index (χ1) is 8.13. The predicted molar refractivity (Wildman–Crippen MR) is 86.0 cm³/mol. The van der Waals surface area contributed by atoms with Crippen LogP contribution in [0.1, 0.15) is 25.7 Å². The average Bonchev–Trinajstić information content (AvgIpc) is 2.93. The fourth-order valence-electron chi connectivity index (χ4n) is 3.70. The fourth-order valence-corrected chi connectivity index (χ4v) is 15.7. The van der Waals surface area contributed by atoms with E-state index in [1.807, 2.05) is 0 Å². The van der Waals surface area contributed by atoms with Crippen LogP contribution in [-0.4, -0.2) is 0 Å². The third-order valence-corrected chi connectivity index (χ3v) is 20.5. The molecule has 0 saturated heterocycles. The Morgan fingerprint density at radius 1 is 1.05 bits per heavy atom. The van der Waals surface area contributed by atoms with Crippen molar-refractivity contribution in [3.05, 3.63) is 43.8 Å². The standard InChI is InChI=1S/C7H7.C5H5.5CH3.ClH.Ru/c1-2-7-4-3-6(1)5-7;1-2-4-5-3-1;;;;;;;/h1H,3-5H2;1-3H,4H2;5*1H3;1H;/q;;;;;;;;+1/p-1.